The Bertz CT molecular complexity index is 1210. The Kier molecular flexibility index (Phi) is 12.0. The molecule has 1 N–H and O–H groups in total. The molecule has 41 heavy (non-hydrogen) atoms. The lowest BCUT2D eigenvalue weighted by Gasteiger charge is -2.28. The van der Waals surface area contributed by atoms with Crippen molar-refractivity contribution in [2.45, 2.75) is 90.5 Å². The summed E-state index contributed by atoms with van der Waals surface area (Å²) in [4.78, 5) is 46.5. The van der Waals surface area contributed by atoms with E-state index in [1.165, 1.54) is 5.56 Å². The van der Waals surface area contributed by atoms with Crippen molar-refractivity contribution in [2.75, 3.05) is 31.1 Å². The maximum absolute atomic E-state index is 13.8. The van der Waals surface area contributed by atoms with E-state index in [1.54, 1.807) is 11.3 Å². The molecule has 1 amide bonds. The number of Topliss-reactive ketones (excluding diaryl/α,β-unsaturated/α-hetero) is 2. The van der Waals surface area contributed by atoms with Gasteiger partial charge in [0.25, 0.3) is 0 Å². The van der Waals surface area contributed by atoms with E-state index in [-0.39, 0.29) is 29.9 Å². The average molecular weight is 598 g/mol. The van der Waals surface area contributed by atoms with E-state index in [9.17, 15) is 14.4 Å². The predicted octanol–water partition coefficient (Wildman–Crippen LogP) is 6.58. The van der Waals surface area contributed by atoms with Crippen LogP contribution in [0, 0.1) is 11.8 Å². The van der Waals surface area contributed by atoms with Crippen LogP contribution >= 0.6 is 23.1 Å². The number of carbonyl (C=O) groups is 3. The smallest absolute Gasteiger partial charge is 0.224 e. The van der Waals surface area contributed by atoms with Gasteiger partial charge in [-0.3, -0.25) is 19.3 Å². The summed E-state index contributed by atoms with van der Waals surface area (Å²) in [6.45, 7) is 13.0. The molecule has 1 aromatic carbocycles. The van der Waals surface area contributed by atoms with Crippen LogP contribution in [-0.2, 0) is 20.8 Å². The number of thioether (sulfide) groups is 1. The highest BCUT2D eigenvalue weighted by Crippen LogP contribution is 2.31. The first-order valence-corrected chi connectivity index (χ1v) is 17.4. The molecule has 2 fully saturated rings. The van der Waals surface area contributed by atoms with Crippen LogP contribution in [-0.4, -0.2) is 64.5 Å². The van der Waals surface area contributed by atoms with Crippen molar-refractivity contribution < 1.29 is 14.4 Å². The number of thiazole rings is 1. The second-order valence-electron chi connectivity index (χ2n) is 12.1. The van der Waals surface area contributed by atoms with Gasteiger partial charge in [-0.1, -0.05) is 46.3 Å². The second-order valence-corrected chi connectivity index (χ2v) is 14.4. The van der Waals surface area contributed by atoms with Crippen LogP contribution < -0.4 is 5.32 Å². The highest BCUT2D eigenvalue weighted by molar-refractivity contribution is 7.99. The van der Waals surface area contributed by atoms with Gasteiger partial charge in [-0.25, -0.2) is 4.98 Å². The monoisotopic (exact) mass is 597 g/mol. The summed E-state index contributed by atoms with van der Waals surface area (Å²) < 4.78 is 1.12. The van der Waals surface area contributed by atoms with Crippen LogP contribution in [0.5, 0.6) is 0 Å². The molecule has 8 heteroatoms. The molecule has 1 aliphatic carbocycles. The quantitative estimate of drug-likeness (QED) is 0.234. The van der Waals surface area contributed by atoms with Gasteiger partial charge in [0.2, 0.25) is 5.91 Å². The lowest BCUT2D eigenvalue weighted by Crippen LogP contribution is -2.44. The van der Waals surface area contributed by atoms with Crippen LogP contribution in [0.15, 0.2) is 30.4 Å². The summed E-state index contributed by atoms with van der Waals surface area (Å²) in [7, 11) is 0. The largest absolute Gasteiger partial charge is 0.353 e. The molecule has 0 bridgehead atoms. The van der Waals surface area contributed by atoms with Crippen molar-refractivity contribution in [3.8, 4) is 0 Å². The number of rotatable bonds is 15. The first-order chi connectivity index (χ1) is 19.7. The Labute approximate surface area is 254 Å². The van der Waals surface area contributed by atoms with E-state index in [0.717, 1.165) is 65.5 Å². The summed E-state index contributed by atoms with van der Waals surface area (Å²) in [6.07, 6.45) is 6.57. The molecule has 1 saturated heterocycles. The van der Waals surface area contributed by atoms with Gasteiger partial charge in [0.1, 0.15) is 5.78 Å². The zero-order chi connectivity index (χ0) is 29.4. The Morgan fingerprint density at radius 2 is 1.88 bits per heavy atom. The number of carbonyl (C=O) groups excluding carboxylic acids is 3. The minimum absolute atomic E-state index is 0.0590. The number of benzene rings is 1. The van der Waals surface area contributed by atoms with Crippen LogP contribution in [0.3, 0.4) is 0 Å². The number of fused-ring (bicyclic) bond motifs is 1. The van der Waals surface area contributed by atoms with Crippen LogP contribution in [0.1, 0.15) is 88.6 Å². The predicted molar refractivity (Wildman–Crippen MR) is 172 cm³/mol. The van der Waals surface area contributed by atoms with E-state index in [1.807, 2.05) is 18.7 Å². The molecule has 2 aromatic rings. The van der Waals surface area contributed by atoms with E-state index < -0.39 is 5.92 Å². The SMILES string of the molecule is C=C(CN1CCSCC1)C(=O)CC[C@@H](NC(=O)[C@@H](CC(=O)CC)Cc1nc2ccc(C(C)C)cc2s1)C1CCCC1. The van der Waals surface area contributed by atoms with Crippen LogP contribution in [0.25, 0.3) is 10.2 Å². The summed E-state index contributed by atoms with van der Waals surface area (Å²) >= 11 is 3.58. The number of nitrogens with one attached hydrogen (secondary N) is 1. The summed E-state index contributed by atoms with van der Waals surface area (Å²) in [5.74, 6) is 2.68. The molecule has 0 unspecified atom stereocenters. The van der Waals surface area contributed by atoms with Crippen molar-refractivity contribution in [1.82, 2.24) is 15.2 Å². The summed E-state index contributed by atoms with van der Waals surface area (Å²) in [5, 5.41) is 4.23. The molecule has 0 spiro atoms. The molecular weight excluding hydrogens is 551 g/mol. The minimum atomic E-state index is -0.459. The van der Waals surface area contributed by atoms with Gasteiger partial charge in [0, 0.05) is 68.4 Å². The van der Waals surface area contributed by atoms with Crippen molar-refractivity contribution in [2.24, 2.45) is 11.8 Å². The third kappa shape index (κ3) is 9.23. The number of ketones is 2. The number of aromatic nitrogens is 1. The molecule has 4 rings (SSSR count). The van der Waals surface area contributed by atoms with Crippen LogP contribution in [0.2, 0.25) is 0 Å². The van der Waals surface area contributed by atoms with Crippen molar-refractivity contribution in [3.05, 3.63) is 40.9 Å². The number of nitrogens with zero attached hydrogens (tertiary/aromatic N) is 2. The topological polar surface area (TPSA) is 79.4 Å². The zero-order valence-corrected chi connectivity index (χ0v) is 26.7. The molecule has 1 aliphatic heterocycles. The van der Waals surface area contributed by atoms with Gasteiger partial charge in [-0.15, -0.1) is 11.3 Å². The van der Waals surface area contributed by atoms with Crippen molar-refractivity contribution in [3.63, 3.8) is 0 Å². The van der Waals surface area contributed by atoms with Gasteiger partial charge < -0.3 is 5.32 Å². The summed E-state index contributed by atoms with van der Waals surface area (Å²) in [6, 6.07) is 6.31. The average Bonchev–Trinajstić information content (AvgIpc) is 3.64. The first kappa shape index (κ1) is 31.9. The Balaban J connectivity index is 1.42. The minimum Gasteiger partial charge on any atom is -0.353 e. The van der Waals surface area contributed by atoms with E-state index >= 15 is 0 Å². The standard InChI is InChI=1S/C33H47N3O3S2/c1-5-27(37)18-26(20-32-34-29-11-10-25(22(2)3)19-31(29)41-32)33(39)35-28(24-8-6-7-9-24)12-13-30(38)23(4)21-36-14-16-40-17-15-36/h10-11,19,22,24,26,28H,4-9,12-18,20-21H2,1-3H3,(H,35,39)/t26-,28+/m0/s1. The number of amides is 1. The molecule has 2 heterocycles. The molecule has 0 radical (unpaired) electrons. The maximum atomic E-state index is 13.8. The third-order valence-corrected chi connectivity index (χ3v) is 10.7. The molecule has 224 valence electrons. The van der Waals surface area contributed by atoms with Gasteiger partial charge in [0.15, 0.2) is 5.78 Å². The van der Waals surface area contributed by atoms with Gasteiger partial charge in [0.05, 0.1) is 21.1 Å². The fourth-order valence-electron chi connectivity index (χ4n) is 5.99. The molecule has 1 aromatic heterocycles. The highest BCUT2D eigenvalue weighted by atomic mass is 32.2. The van der Waals surface area contributed by atoms with Gasteiger partial charge in [-0.05, 0) is 48.8 Å². The van der Waals surface area contributed by atoms with Gasteiger partial charge >= 0.3 is 0 Å². The number of hydrogen-bond acceptors (Lipinski definition) is 7. The fraction of sp³-hybridized carbons (Fsp3) is 0.636. The number of hydrogen-bond donors (Lipinski definition) is 1. The van der Waals surface area contributed by atoms with Gasteiger partial charge in [-0.2, -0.15) is 11.8 Å². The lowest BCUT2D eigenvalue weighted by molar-refractivity contribution is -0.130. The fourth-order valence-corrected chi connectivity index (χ4v) is 8.06. The van der Waals surface area contributed by atoms with Crippen LogP contribution in [0.4, 0.5) is 0 Å². The van der Waals surface area contributed by atoms with Crippen molar-refractivity contribution in [1.29, 1.82) is 0 Å². The highest BCUT2D eigenvalue weighted by Gasteiger charge is 2.31. The lowest BCUT2D eigenvalue weighted by atomic mass is 9.90. The molecule has 2 aliphatic rings. The Morgan fingerprint density at radius 1 is 1.15 bits per heavy atom. The normalized spacial score (nSPS) is 18.0. The second kappa shape index (κ2) is 15.4. The zero-order valence-electron chi connectivity index (χ0n) is 25.1. The first-order valence-electron chi connectivity index (χ1n) is 15.5. The van der Waals surface area contributed by atoms with E-state index in [4.69, 9.17) is 4.98 Å². The molecule has 2 atom stereocenters. The Hall–Kier alpha value is -2.03. The van der Waals surface area contributed by atoms with E-state index in [2.05, 4.69) is 48.8 Å². The van der Waals surface area contributed by atoms with Crippen molar-refractivity contribution >= 4 is 50.8 Å². The molecule has 1 saturated carbocycles. The van der Waals surface area contributed by atoms with E-state index in [0.29, 0.717) is 49.6 Å². The third-order valence-electron chi connectivity index (χ3n) is 8.68. The summed E-state index contributed by atoms with van der Waals surface area (Å²) in [5.41, 5.74) is 2.90. The molecule has 6 nitrogen and oxygen atoms in total. The molecular formula is C33H47N3O3S2. The maximum Gasteiger partial charge on any atom is 0.224 e. The Morgan fingerprint density at radius 3 is 2.56 bits per heavy atom.